The third kappa shape index (κ3) is 3.82. The van der Waals surface area contributed by atoms with Gasteiger partial charge in [-0.25, -0.2) is 9.97 Å². The zero-order valence-corrected chi connectivity index (χ0v) is 15.5. The zero-order chi connectivity index (χ0) is 17.2. The normalized spacial score (nSPS) is 17.8. The van der Waals surface area contributed by atoms with Crippen molar-refractivity contribution >= 4 is 17.6 Å². The van der Waals surface area contributed by atoms with Crippen molar-refractivity contribution in [3.63, 3.8) is 0 Å². The third-order valence-corrected chi connectivity index (χ3v) is 6.10. The first-order valence-electron chi connectivity index (χ1n) is 9.23. The molecule has 25 heavy (non-hydrogen) atoms. The quantitative estimate of drug-likeness (QED) is 0.636. The van der Waals surface area contributed by atoms with E-state index in [0.717, 1.165) is 36.7 Å². The highest BCUT2D eigenvalue weighted by Crippen LogP contribution is 2.31. The predicted molar refractivity (Wildman–Crippen MR) is 102 cm³/mol. The highest BCUT2D eigenvalue weighted by atomic mass is 32.2. The van der Waals surface area contributed by atoms with E-state index < -0.39 is 0 Å². The molecule has 5 heteroatoms. The van der Waals surface area contributed by atoms with E-state index >= 15 is 0 Å². The Hall–Kier alpha value is -1.59. The number of aromatic nitrogens is 2. The number of fused-ring (bicyclic) bond motifs is 2. The number of aliphatic hydroxyl groups is 1. The summed E-state index contributed by atoms with van der Waals surface area (Å²) in [5.41, 5.74) is 5.41. The van der Waals surface area contributed by atoms with Gasteiger partial charge >= 0.3 is 0 Å². The molecule has 2 aliphatic carbocycles. The van der Waals surface area contributed by atoms with Crippen molar-refractivity contribution in [2.45, 2.75) is 62.8 Å². The van der Waals surface area contributed by atoms with Gasteiger partial charge in [-0.3, -0.25) is 0 Å². The van der Waals surface area contributed by atoms with Crippen LogP contribution in [0.5, 0.6) is 0 Å². The second-order valence-corrected chi connectivity index (χ2v) is 8.15. The van der Waals surface area contributed by atoms with Gasteiger partial charge in [0.2, 0.25) is 0 Å². The summed E-state index contributed by atoms with van der Waals surface area (Å²) in [6.07, 6.45) is 6.31. The molecule has 0 saturated heterocycles. The van der Waals surface area contributed by atoms with Crippen molar-refractivity contribution in [3.05, 3.63) is 46.6 Å². The van der Waals surface area contributed by atoms with Gasteiger partial charge < -0.3 is 10.4 Å². The van der Waals surface area contributed by atoms with Gasteiger partial charge in [0.1, 0.15) is 5.82 Å². The number of aryl methyl sites for hydroxylation is 1. The molecule has 0 saturated carbocycles. The summed E-state index contributed by atoms with van der Waals surface area (Å²) in [5, 5.41) is 14.1. The van der Waals surface area contributed by atoms with Crippen LogP contribution in [0.2, 0.25) is 0 Å². The lowest BCUT2D eigenvalue weighted by Gasteiger charge is -2.22. The van der Waals surface area contributed by atoms with Crippen LogP contribution in [0.1, 0.15) is 42.1 Å². The standard InChI is InChI=1S/C20H25N3OS/c1-13(24)12-25-20-22-18-9-5-4-8-17(18)19(23-20)21-16-10-14-6-2-3-7-15(14)11-16/h2-3,6-7,13,16,24H,4-5,8-12H2,1H3,(H,21,22,23). The van der Waals surface area contributed by atoms with Crippen molar-refractivity contribution in [2.75, 3.05) is 11.1 Å². The van der Waals surface area contributed by atoms with E-state index in [1.54, 1.807) is 18.7 Å². The average Bonchev–Trinajstić information content (AvgIpc) is 3.02. The fraction of sp³-hybridized carbons (Fsp3) is 0.500. The van der Waals surface area contributed by atoms with Crippen LogP contribution in [0.15, 0.2) is 29.4 Å². The number of benzene rings is 1. The molecule has 2 N–H and O–H groups in total. The maximum atomic E-state index is 9.56. The van der Waals surface area contributed by atoms with E-state index in [1.807, 2.05) is 0 Å². The number of hydrogen-bond donors (Lipinski definition) is 2. The Bertz CT molecular complexity index is 738. The first-order valence-corrected chi connectivity index (χ1v) is 10.2. The van der Waals surface area contributed by atoms with Crippen LogP contribution < -0.4 is 5.32 Å². The maximum absolute atomic E-state index is 9.56. The lowest BCUT2D eigenvalue weighted by Crippen LogP contribution is -2.23. The van der Waals surface area contributed by atoms with E-state index in [-0.39, 0.29) is 6.10 Å². The molecule has 0 aliphatic heterocycles. The highest BCUT2D eigenvalue weighted by Gasteiger charge is 2.24. The lowest BCUT2D eigenvalue weighted by atomic mass is 9.96. The number of rotatable bonds is 5. The van der Waals surface area contributed by atoms with E-state index in [2.05, 4.69) is 29.6 Å². The second-order valence-electron chi connectivity index (χ2n) is 7.17. The van der Waals surface area contributed by atoms with Crippen LogP contribution in [-0.4, -0.2) is 33.0 Å². The average molecular weight is 356 g/mol. The molecule has 4 nitrogen and oxygen atoms in total. The second kappa shape index (κ2) is 7.34. The molecule has 132 valence electrons. The fourth-order valence-corrected chi connectivity index (χ4v) is 4.53. The fourth-order valence-electron chi connectivity index (χ4n) is 3.80. The molecule has 0 amide bonds. The first-order chi connectivity index (χ1) is 12.2. The Balaban J connectivity index is 1.56. The van der Waals surface area contributed by atoms with Gasteiger partial charge in [0.15, 0.2) is 5.16 Å². The Kier molecular flexibility index (Phi) is 4.95. The lowest BCUT2D eigenvalue weighted by molar-refractivity contribution is 0.220. The van der Waals surface area contributed by atoms with Crippen molar-refractivity contribution in [1.29, 1.82) is 0 Å². The smallest absolute Gasteiger partial charge is 0.189 e. The number of hydrogen-bond acceptors (Lipinski definition) is 5. The number of aliphatic hydroxyl groups excluding tert-OH is 1. The molecule has 1 unspecified atom stereocenters. The molecule has 0 fully saturated rings. The highest BCUT2D eigenvalue weighted by molar-refractivity contribution is 7.99. The molecule has 2 aromatic rings. The van der Waals surface area contributed by atoms with Crippen LogP contribution in [0.3, 0.4) is 0 Å². The number of anilines is 1. The summed E-state index contributed by atoms with van der Waals surface area (Å²) >= 11 is 1.55. The van der Waals surface area contributed by atoms with Gasteiger partial charge in [-0.1, -0.05) is 36.0 Å². The van der Waals surface area contributed by atoms with Gasteiger partial charge in [-0.05, 0) is 56.6 Å². The SMILES string of the molecule is CC(O)CSc1nc2c(c(NC3Cc4ccccc4C3)n1)CCCC2. The summed E-state index contributed by atoms with van der Waals surface area (Å²) < 4.78 is 0. The van der Waals surface area contributed by atoms with Crippen LogP contribution in [0.4, 0.5) is 5.82 Å². The Labute approximate surface area is 153 Å². The zero-order valence-electron chi connectivity index (χ0n) is 14.7. The molecule has 4 rings (SSSR count). The van der Waals surface area contributed by atoms with Gasteiger partial charge in [0.05, 0.1) is 11.8 Å². The van der Waals surface area contributed by atoms with Crippen molar-refractivity contribution < 1.29 is 5.11 Å². The largest absolute Gasteiger partial charge is 0.393 e. The predicted octanol–water partition coefficient (Wildman–Crippen LogP) is 3.41. The number of thioether (sulfide) groups is 1. The Morgan fingerprint density at radius 3 is 2.60 bits per heavy atom. The Morgan fingerprint density at radius 2 is 1.88 bits per heavy atom. The molecule has 1 aromatic heterocycles. The summed E-state index contributed by atoms with van der Waals surface area (Å²) in [7, 11) is 0. The maximum Gasteiger partial charge on any atom is 0.189 e. The van der Waals surface area contributed by atoms with Crippen LogP contribution in [0, 0.1) is 0 Å². The summed E-state index contributed by atoms with van der Waals surface area (Å²) in [6.45, 7) is 1.81. The molecule has 2 aliphatic rings. The van der Waals surface area contributed by atoms with E-state index in [1.165, 1.54) is 35.2 Å². The van der Waals surface area contributed by atoms with Gasteiger partial charge in [0.25, 0.3) is 0 Å². The number of nitrogens with one attached hydrogen (secondary N) is 1. The first kappa shape index (κ1) is 16.9. The molecular formula is C20H25N3OS. The molecule has 1 aromatic carbocycles. The van der Waals surface area contributed by atoms with Crippen LogP contribution in [0.25, 0.3) is 0 Å². The van der Waals surface area contributed by atoms with Crippen molar-refractivity contribution in [1.82, 2.24) is 9.97 Å². The molecule has 0 bridgehead atoms. The van der Waals surface area contributed by atoms with E-state index in [9.17, 15) is 5.11 Å². The Morgan fingerprint density at radius 1 is 1.16 bits per heavy atom. The molecular weight excluding hydrogens is 330 g/mol. The number of nitrogens with zero attached hydrogens (tertiary/aromatic N) is 2. The molecule has 0 spiro atoms. The third-order valence-electron chi connectivity index (χ3n) is 5.01. The van der Waals surface area contributed by atoms with Crippen molar-refractivity contribution in [3.8, 4) is 0 Å². The minimum atomic E-state index is -0.342. The minimum absolute atomic E-state index is 0.342. The monoisotopic (exact) mass is 355 g/mol. The summed E-state index contributed by atoms with van der Waals surface area (Å²) in [4.78, 5) is 9.57. The summed E-state index contributed by atoms with van der Waals surface area (Å²) in [5.74, 6) is 1.66. The van der Waals surface area contributed by atoms with Gasteiger partial charge in [-0.2, -0.15) is 0 Å². The summed E-state index contributed by atoms with van der Waals surface area (Å²) in [6, 6.07) is 9.12. The minimum Gasteiger partial charge on any atom is -0.393 e. The topological polar surface area (TPSA) is 58.0 Å². The van der Waals surface area contributed by atoms with E-state index in [4.69, 9.17) is 9.97 Å². The molecule has 0 radical (unpaired) electrons. The van der Waals surface area contributed by atoms with E-state index in [0.29, 0.717) is 11.8 Å². The molecule has 1 atom stereocenters. The molecule has 1 heterocycles. The van der Waals surface area contributed by atoms with Gasteiger partial charge in [0, 0.05) is 17.4 Å². The van der Waals surface area contributed by atoms with Crippen LogP contribution >= 0.6 is 11.8 Å². The van der Waals surface area contributed by atoms with Crippen molar-refractivity contribution in [2.24, 2.45) is 0 Å². The van der Waals surface area contributed by atoms with Crippen LogP contribution in [-0.2, 0) is 25.7 Å². The van der Waals surface area contributed by atoms with Gasteiger partial charge in [-0.15, -0.1) is 0 Å².